The van der Waals surface area contributed by atoms with Crippen LogP contribution in [0.25, 0.3) is 11.1 Å². The fourth-order valence-electron chi connectivity index (χ4n) is 3.95. The minimum absolute atomic E-state index is 0.0539. The molecule has 0 radical (unpaired) electrons. The molecule has 1 amide bonds. The third kappa shape index (κ3) is 3.74. The molecule has 6 heteroatoms. The first kappa shape index (κ1) is 18.8. The minimum atomic E-state index is -1.02. The number of hydrogen-bond donors (Lipinski definition) is 2. The van der Waals surface area contributed by atoms with Gasteiger partial charge in [0.1, 0.15) is 12.4 Å². The van der Waals surface area contributed by atoms with E-state index in [1.807, 2.05) is 36.4 Å². The Kier molecular flexibility index (Phi) is 5.08. The van der Waals surface area contributed by atoms with Gasteiger partial charge in [0.25, 0.3) is 0 Å². The number of benzene rings is 2. The van der Waals surface area contributed by atoms with Crippen molar-refractivity contribution in [2.45, 2.75) is 25.3 Å². The number of fused-ring (bicyclic) bond motifs is 3. The lowest BCUT2D eigenvalue weighted by Gasteiger charge is -2.18. The monoisotopic (exact) mass is 391 g/mol. The molecule has 1 unspecified atom stereocenters. The second-order valence-corrected chi connectivity index (χ2v) is 7.05. The lowest BCUT2D eigenvalue weighted by molar-refractivity contribution is -0.137. The van der Waals surface area contributed by atoms with Gasteiger partial charge in [0, 0.05) is 11.5 Å². The van der Waals surface area contributed by atoms with Crippen LogP contribution in [0, 0.1) is 6.92 Å². The quantitative estimate of drug-likeness (QED) is 0.639. The van der Waals surface area contributed by atoms with Gasteiger partial charge >= 0.3 is 12.1 Å². The summed E-state index contributed by atoms with van der Waals surface area (Å²) in [5, 5.41) is 11.8. The van der Waals surface area contributed by atoms with Crippen molar-refractivity contribution in [2.24, 2.45) is 0 Å². The van der Waals surface area contributed by atoms with Crippen LogP contribution >= 0.6 is 0 Å². The summed E-state index contributed by atoms with van der Waals surface area (Å²) < 4.78 is 10.8. The fourth-order valence-corrected chi connectivity index (χ4v) is 3.95. The summed E-state index contributed by atoms with van der Waals surface area (Å²) in [6.45, 7) is 1.90. The Balaban J connectivity index is 1.48. The Hall–Kier alpha value is -3.54. The SMILES string of the molecule is Cc1occc1C(CC(=O)O)NC(=O)OCC1c2ccccc2-c2ccccc21. The van der Waals surface area contributed by atoms with E-state index in [0.717, 1.165) is 22.3 Å². The van der Waals surface area contributed by atoms with Crippen LogP contribution in [0.2, 0.25) is 0 Å². The van der Waals surface area contributed by atoms with Crippen molar-refractivity contribution >= 4 is 12.1 Å². The van der Waals surface area contributed by atoms with Crippen LogP contribution in [0.1, 0.15) is 40.8 Å². The molecule has 2 aromatic carbocycles. The lowest BCUT2D eigenvalue weighted by Crippen LogP contribution is -2.31. The molecule has 29 heavy (non-hydrogen) atoms. The molecular weight excluding hydrogens is 370 g/mol. The normalized spacial score (nSPS) is 13.4. The lowest BCUT2D eigenvalue weighted by atomic mass is 9.98. The zero-order chi connectivity index (χ0) is 20.4. The summed E-state index contributed by atoms with van der Waals surface area (Å²) in [6, 6.07) is 17.1. The van der Waals surface area contributed by atoms with Gasteiger partial charge in [-0.25, -0.2) is 4.79 Å². The summed E-state index contributed by atoms with van der Waals surface area (Å²) in [4.78, 5) is 23.7. The number of carboxylic acids is 1. The molecule has 2 N–H and O–H groups in total. The maximum Gasteiger partial charge on any atom is 0.407 e. The van der Waals surface area contributed by atoms with E-state index in [1.54, 1.807) is 13.0 Å². The minimum Gasteiger partial charge on any atom is -0.481 e. The van der Waals surface area contributed by atoms with Crippen LogP contribution in [0.3, 0.4) is 0 Å². The highest BCUT2D eigenvalue weighted by Gasteiger charge is 2.29. The number of carbonyl (C=O) groups is 2. The largest absolute Gasteiger partial charge is 0.481 e. The smallest absolute Gasteiger partial charge is 0.407 e. The number of carbonyl (C=O) groups excluding carboxylic acids is 1. The molecule has 6 nitrogen and oxygen atoms in total. The number of rotatable bonds is 6. The Morgan fingerprint density at radius 1 is 1.07 bits per heavy atom. The van der Waals surface area contributed by atoms with Crippen LogP contribution in [-0.4, -0.2) is 23.8 Å². The molecule has 0 saturated carbocycles. The average Bonchev–Trinajstić information content (AvgIpc) is 3.27. The van der Waals surface area contributed by atoms with Gasteiger partial charge in [0.15, 0.2) is 0 Å². The third-order valence-electron chi connectivity index (χ3n) is 5.29. The number of aryl methyl sites for hydroxylation is 1. The number of aliphatic carboxylic acids is 1. The number of nitrogens with one attached hydrogen (secondary N) is 1. The molecule has 0 spiro atoms. The second-order valence-electron chi connectivity index (χ2n) is 7.05. The predicted molar refractivity (Wildman–Crippen MR) is 107 cm³/mol. The summed E-state index contributed by atoms with van der Waals surface area (Å²) in [5.74, 6) is -0.508. The van der Waals surface area contributed by atoms with Gasteiger partial charge in [-0.05, 0) is 35.2 Å². The van der Waals surface area contributed by atoms with E-state index in [9.17, 15) is 14.7 Å². The van der Waals surface area contributed by atoms with Gasteiger partial charge in [-0.3, -0.25) is 4.79 Å². The first-order valence-corrected chi connectivity index (χ1v) is 9.42. The Labute approximate surface area is 168 Å². The molecule has 0 fully saturated rings. The van der Waals surface area contributed by atoms with Crippen LogP contribution < -0.4 is 5.32 Å². The van der Waals surface area contributed by atoms with E-state index < -0.39 is 18.1 Å². The van der Waals surface area contributed by atoms with Crippen LogP contribution in [0.15, 0.2) is 65.3 Å². The zero-order valence-electron chi connectivity index (χ0n) is 15.9. The van der Waals surface area contributed by atoms with E-state index in [4.69, 9.17) is 9.15 Å². The van der Waals surface area contributed by atoms with Crippen LogP contribution in [-0.2, 0) is 9.53 Å². The third-order valence-corrected chi connectivity index (χ3v) is 5.29. The number of furan rings is 1. The van der Waals surface area contributed by atoms with Crippen molar-refractivity contribution in [1.82, 2.24) is 5.32 Å². The topological polar surface area (TPSA) is 88.8 Å². The highest BCUT2D eigenvalue weighted by molar-refractivity contribution is 5.79. The summed E-state index contributed by atoms with van der Waals surface area (Å²) >= 11 is 0. The molecule has 1 atom stereocenters. The zero-order valence-corrected chi connectivity index (χ0v) is 15.9. The first-order chi connectivity index (χ1) is 14.0. The number of carboxylic acid groups (broad SMARTS) is 1. The van der Waals surface area contributed by atoms with Crippen LogP contribution in [0.5, 0.6) is 0 Å². The second kappa shape index (κ2) is 7.83. The van der Waals surface area contributed by atoms with E-state index in [2.05, 4.69) is 17.4 Å². The summed E-state index contributed by atoms with van der Waals surface area (Å²) in [6.07, 6.45) is 0.558. The van der Waals surface area contributed by atoms with E-state index in [0.29, 0.717) is 11.3 Å². The van der Waals surface area contributed by atoms with E-state index in [1.165, 1.54) is 6.26 Å². The molecular formula is C23H21NO5. The molecule has 3 aromatic rings. The van der Waals surface area contributed by atoms with Crippen LogP contribution in [0.4, 0.5) is 4.79 Å². The Bertz CT molecular complexity index is 1010. The van der Waals surface area contributed by atoms with E-state index >= 15 is 0 Å². The summed E-state index contributed by atoms with van der Waals surface area (Å²) in [5.41, 5.74) is 5.16. The van der Waals surface area contributed by atoms with Crippen molar-refractivity contribution in [3.63, 3.8) is 0 Å². The van der Waals surface area contributed by atoms with Crippen molar-refractivity contribution in [2.75, 3.05) is 6.61 Å². The maximum atomic E-state index is 12.5. The molecule has 148 valence electrons. The Morgan fingerprint density at radius 2 is 1.69 bits per heavy atom. The molecule has 1 aromatic heterocycles. The van der Waals surface area contributed by atoms with Gasteiger partial charge in [-0.1, -0.05) is 48.5 Å². The summed E-state index contributed by atoms with van der Waals surface area (Å²) in [7, 11) is 0. The Morgan fingerprint density at radius 3 is 2.24 bits per heavy atom. The highest BCUT2D eigenvalue weighted by atomic mass is 16.5. The molecule has 1 heterocycles. The van der Waals surface area contributed by atoms with Gasteiger partial charge in [-0.2, -0.15) is 0 Å². The number of ether oxygens (including phenoxy) is 1. The molecule has 1 aliphatic carbocycles. The van der Waals surface area contributed by atoms with Gasteiger partial charge in [0.05, 0.1) is 18.7 Å². The van der Waals surface area contributed by atoms with Gasteiger partial charge < -0.3 is 19.6 Å². The van der Waals surface area contributed by atoms with Gasteiger partial charge in [0.2, 0.25) is 0 Å². The fraction of sp³-hybridized carbons (Fsp3) is 0.217. The standard InChI is InChI=1S/C23H21NO5/c1-14-15(10-11-28-14)21(12-22(25)26)24-23(27)29-13-20-18-8-4-2-6-16(18)17-7-3-5-9-19(17)20/h2-11,20-21H,12-13H2,1H3,(H,24,27)(H,25,26). The van der Waals surface area contributed by atoms with Crippen molar-refractivity contribution in [1.29, 1.82) is 0 Å². The first-order valence-electron chi connectivity index (χ1n) is 9.42. The number of hydrogen-bond acceptors (Lipinski definition) is 4. The molecule has 0 saturated heterocycles. The van der Waals surface area contributed by atoms with Crippen molar-refractivity contribution in [3.8, 4) is 11.1 Å². The van der Waals surface area contributed by atoms with Gasteiger partial charge in [-0.15, -0.1) is 0 Å². The number of amides is 1. The maximum absolute atomic E-state index is 12.5. The molecule has 0 aliphatic heterocycles. The molecule has 1 aliphatic rings. The molecule has 4 rings (SSSR count). The van der Waals surface area contributed by atoms with Crippen molar-refractivity contribution < 1.29 is 23.8 Å². The highest BCUT2D eigenvalue weighted by Crippen LogP contribution is 2.44. The average molecular weight is 391 g/mol. The van der Waals surface area contributed by atoms with Crippen molar-refractivity contribution in [3.05, 3.63) is 83.3 Å². The predicted octanol–water partition coefficient (Wildman–Crippen LogP) is 4.64. The molecule has 0 bridgehead atoms. The van der Waals surface area contributed by atoms with E-state index in [-0.39, 0.29) is 18.9 Å². The number of alkyl carbamates (subject to hydrolysis) is 1.